The molecule has 0 amide bonds. The van der Waals surface area contributed by atoms with Crippen molar-refractivity contribution in [3.05, 3.63) is 22.3 Å². The Morgan fingerprint density at radius 1 is 0.812 bits per heavy atom. The smallest absolute Gasteiger partial charge is 0.127 e. The van der Waals surface area contributed by atoms with Gasteiger partial charge in [-0.25, -0.2) is 0 Å². The first kappa shape index (κ1) is 27.1. The molecule has 0 bridgehead atoms. The average molecular weight is 445 g/mol. The first-order valence-electron chi connectivity index (χ1n) is 13.4. The Bertz CT molecular complexity index is 720. The van der Waals surface area contributed by atoms with Gasteiger partial charge in [-0.1, -0.05) is 72.6 Å². The highest BCUT2D eigenvalue weighted by molar-refractivity contribution is 5.58. The standard InChI is InChI=1S/C30H52O2/c1-21(2)13-10-14-22(3)15-11-16-23(4)17-12-19-30(8)20-18-27-26(7)28(31-9)24(5)25(6)29(27)32-30/h21-23H,10-20H2,1-9H3/t22-,23+,30-/m1/s1. The van der Waals surface area contributed by atoms with Crippen molar-refractivity contribution in [2.75, 3.05) is 7.11 Å². The molecule has 2 rings (SSSR count). The second-order valence-corrected chi connectivity index (χ2v) is 11.6. The Morgan fingerprint density at radius 3 is 1.94 bits per heavy atom. The van der Waals surface area contributed by atoms with Crippen LogP contribution in [0.3, 0.4) is 0 Å². The Labute approximate surface area is 199 Å². The number of ether oxygens (including phenoxy) is 2. The molecule has 2 heteroatoms. The van der Waals surface area contributed by atoms with Crippen LogP contribution in [0.25, 0.3) is 0 Å². The molecule has 0 saturated carbocycles. The third kappa shape index (κ3) is 7.42. The van der Waals surface area contributed by atoms with Crippen LogP contribution in [0.4, 0.5) is 0 Å². The fraction of sp³-hybridized carbons (Fsp3) is 0.800. The summed E-state index contributed by atoms with van der Waals surface area (Å²) in [4.78, 5) is 0. The molecule has 0 N–H and O–H groups in total. The summed E-state index contributed by atoms with van der Waals surface area (Å²) in [6.45, 7) is 18.4. The van der Waals surface area contributed by atoms with Crippen LogP contribution in [0.2, 0.25) is 0 Å². The predicted molar refractivity (Wildman–Crippen MR) is 139 cm³/mol. The molecule has 0 aromatic heterocycles. The zero-order chi connectivity index (χ0) is 23.9. The van der Waals surface area contributed by atoms with E-state index < -0.39 is 0 Å². The van der Waals surface area contributed by atoms with Crippen LogP contribution in [0.5, 0.6) is 11.5 Å². The number of hydrogen-bond acceptors (Lipinski definition) is 2. The van der Waals surface area contributed by atoms with Gasteiger partial charge in [0.25, 0.3) is 0 Å². The third-order valence-corrected chi connectivity index (χ3v) is 8.04. The predicted octanol–water partition coefficient (Wildman–Crippen LogP) is 9.14. The first-order valence-corrected chi connectivity index (χ1v) is 13.4. The summed E-state index contributed by atoms with van der Waals surface area (Å²) in [6, 6.07) is 0. The second kappa shape index (κ2) is 12.3. The summed E-state index contributed by atoms with van der Waals surface area (Å²) < 4.78 is 12.4. The minimum atomic E-state index is -0.0319. The summed E-state index contributed by atoms with van der Waals surface area (Å²) in [7, 11) is 1.78. The van der Waals surface area contributed by atoms with Crippen LogP contribution in [-0.2, 0) is 6.42 Å². The number of fused-ring (bicyclic) bond motifs is 1. The van der Waals surface area contributed by atoms with E-state index in [1.165, 1.54) is 73.6 Å². The second-order valence-electron chi connectivity index (χ2n) is 11.6. The van der Waals surface area contributed by atoms with Crippen molar-refractivity contribution in [2.45, 2.75) is 132 Å². The van der Waals surface area contributed by atoms with Gasteiger partial charge in [0.05, 0.1) is 7.11 Å². The lowest BCUT2D eigenvalue weighted by Crippen LogP contribution is -2.37. The maximum atomic E-state index is 6.70. The fourth-order valence-electron chi connectivity index (χ4n) is 5.57. The number of benzene rings is 1. The van der Waals surface area contributed by atoms with E-state index in [2.05, 4.69) is 55.4 Å². The fourth-order valence-corrected chi connectivity index (χ4v) is 5.57. The molecule has 0 aliphatic carbocycles. The zero-order valence-electron chi connectivity index (χ0n) is 22.8. The maximum Gasteiger partial charge on any atom is 0.127 e. The van der Waals surface area contributed by atoms with E-state index in [0.29, 0.717) is 0 Å². The molecule has 0 saturated heterocycles. The number of hydrogen-bond donors (Lipinski definition) is 0. The van der Waals surface area contributed by atoms with Crippen molar-refractivity contribution >= 4 is 0 Å². The van der Waals surface area contributed by atoms with Crippen LogP contribution in [0.1, 0.15) is 121 Å². The topological polar surface area (TPSA) is 18.5 Å². The lowest BCUT2D eigenvalue weighted by Gasteiger charge is -2.38. The normalized spacial score (nSPS) is 20.1. The van der Waals surface area contributed by atoms with Crippen molar-refractivity contribution in [3.63, 3.8) is 0 Å². The Balaban J connectivity index is 1.77. The molecule has 0 fully saturated rings. The molecule has 0 radical (unpaired) electrons. The van der Waals surface area contributed by atoms with E-state index in [9.17, 15) is 0 Å². The molecule has 3 atom stereocenters. The van der Waals surface area contributed by atoms with E-state index in [1.807, 2.05) is 0 Å². The average Bonchev–Trinajstić information content (AvgIpc) is 2.72. The van der Waals surface area contributed by atoms with E-state index >= 15 is 0 Å². The van der Waals surface area contributed by atoms with Crippen LogP contribution < -0.4 is 9.47 Å². The molecule has 32 heavy (non-hydrogen) atoms. The highest BCUT2D eigenvalue weighted by Crippen LogP contribution is 2.44. The Hall–Kier alpha value is -1.18. The molecule has 1 aliphatic heterocycles. The Morgan fingerprint density at radius 2 is 1.38 bits per heavy atom. The lowest BCUT2D eigenvalue weighted by molar-refractivity contribution is 0.0512. The van der Waals surface area contributed by atoms with Gasteiger partial charge >= 0.3 is 0 Å². The van der Waals surface area contributed by atoms with Crippen molar-refractivity contribution in [1.29, 1.82) is 0 Å². The van der Waals surface area contributed by atoms with E-state index in [0.717, 1.165) is 48.5 Å². The maximum absolute atomic E-state index is 6.70. The van der Waals surface area contributed by atoms with Crippen LogP contribution in [0.15, 0.2) is 0 Å². The van der Waals surface area contributed by atoms with E-state index in [-0.39, 0.29) is 5.60 Å². The van der Waals surface area contributed by atoms with Gasteiger partial charge in [-0.3, -0.25) is 0 Å². The molecule has 1 aromatic rings. The molecule has 2 nitrogen and oxygen atoms in total. The summed E-state index contributed by atoms with van der Waals surface area (Å²) in [5.41, 5.74) is 5.07. The number of methoxy groups -OCH3 is 1. The minimum absolute atomic E-state index is 0.0319. The highest BCUT2D eigenvalue weighted by Gasteiger charge is 2.34. The van der Waals surface area contributed by atoms with Gasteiger partial charge in [-0.15, -0.1) is 0 Å². The number of rotatable bonds is 13. The van der Waals surface area contributed by atoms with Crippen molar-refractivity contribution in [2.24, 2.45) is 17.8 Å². The SMILES string of the molecule is COc1c(C)c(C)c2c(c1C)CC[C@@](C)(CCC[C@@H](C)CCC[C@H](C)CCCC(C)C)O2. The monoisotopic (exact) mass is 444 g/mol. The molecule has 1 aromatic carbocycles. The molecule has 1 heterocycles. The third-order valence-electron chi connectivity index (χ3n) is 8.04. The van der Waals surface area contributed by atoms with Gasteiger partial charge in [0.1, 0.15) is 17.1 Å². The van der Waals surface area contributed by atoms with Gasteiger partial charge in [0.15, 0.2) is 0 Å². The summed E-state index contributed by atoms with van der Waals surface area (Å²) in [5.74, 6) is 4.74. The minimum Gasteiger partial charge on any atom is -0.496 e. The summed E-state index contributed by atoms with van der Waals surface area (Å²) in [5, 5.41) is 0. The summed E-state index contributed by atoms with van der Waals surface area (Å²) >= 11 is 0. The lowest BCUT2D eigenvalue weighted by atomic mass is 9.83. The van der Waals surface area contributed by atoms with E-state index in [1.54, 1.807) is 7.11 Å². The van der Waals surface area contributed by atoms with E-state index in [4.69, 9.17) is 9.47 Å². The van der Waals surface area contributed by atoms with Crippen LogP contribution >= 0.6 is 0 Å². The molecule has 0 spiro atoms. The van der Waals surface area contributed by atoms with Crippen LogP contribution in [0, 0.1) is 38.5 Å². The van der Waals surface area contributed by atoms with Gasteiger partial charge < -0.3 is 9.47 Å². The summed E-state index contributed by atoms with van der Waals surface area (Å²) in [6.07, 6.45) is 14.3. The molecule has 1 aliphatic rings. The van der Waals surface area contributed by atoms with Crippen molar-refractivity contribution in [1.82, 2.24) is 0 Å². The largest absolute Gasteiger partial charge is 0.496 e. The molecular formula is C30H52O2. The highest BCUT2D eigenvalue weighted by atomic mass is 16.5. The van der Waals surface area contributed by atoms with Crippen molar-refractivity contribution in [3.8, 4) is 11.5 Å². The Kier molecular flexibility index (Phi) is 10.4. The molecular weight excluding hydrogens is 392 g/mol. The van der Waals surface area contributed by atoms with Gasteiger partial charge in [0, 0.05) is 5.56 Å². The van der Waals surface area contributed by atoms with Crippen molar-refractivity contribution < 1.29 is 9.47 Å². The molecule has 184 valence electrons. The van der Waals surface area contributed by atoms with Gasteiger partial charge in [0.2, 0.25) is 0 Å². The quantitative estimate of drug-likeness (QED) is 0.302. The first-order chi connectivity index (χ1) is 15.1. The van der Waals surface area contributed by atoms with Gasteiger partial charge in [-0.2, -0.15) is 0 Å². The van der Waals surface area contributed by atoms with Gasteiger partial charge in [-0.05, 0) is 87.8 Å². The van der Waals surface area contributed by atoms with Crippen LogP contribution in [-0.4, -0.2) is 12.7 Å². The molecule has 0 unspecified atom stereocenters. The zero-order valence-corrected chi connectivity index (χ0v) is 22.8.